The molecule has 0 bridgehead atoms. The Balaban J connectivity index is 1.54. The average molecular weight is 470 g/mol. The van der Waals surface area contributed by atoms with Crippen LogP contribution in [0.3, 0.4) is 0 Å². The van der Waals surface area contributed by atoms with Gasteiger partial charge in [-0.2, -0.15) is 0 Å². The van der Waals surface area contributed by atoms with Crippen molar-refractivity contribution >= 4 is 46.6 Å². The molecule has 1 N–H and O–H groups in total. The molecule has 0 aliphatic carbocycles. The fourth-order valence-corrected chi connectivity index (χ4v) is 4.38. The van der Waals surface area contributed by atoms with Gasteiger partial charge in [0.15, 0.2) is 0 Å². The molecule has 1 aromatic heterocycles. The smallest absolute Gasteiger partial charge is 0.277 e. The minimum atomic E-state index is -0.607. The second kappa shape index (κ2) is 10.0. The first kappa shape index (κ1) is 21.4. The summed E-state index contributed by atoms with van der Waals surface area (Å²) >= 11 is 13.3. The van der Waals surface area contributed by atoms with E-state index in [1.807, 2.05) is 60.7 Å². The summed E-state index contributed by atoms with van der Waals surface area (Å²) in [5.74, 6) is 0.236. The Morgan fingerprint density at radius 1 is 0.935 bits per heavy atom. The maximum absolute atomic E-state index is 13.1. The predicted molar refractivity (Wildman–Crippen MR) is 124 cm³/mol. The van der Waals surface area contributed by atoms with Gasteiger partial charge in [0, 0.05) is 15.7 Å². The van der Waals surface area contributed by atoms with Gasteiger partial charge in [0.25, 0.3) is 5.22 Å². The fourth-order valence-electron chi connectivity index (χ4n) is 2.96. The van der Waals surface area contributed by atoms with Crippen molar-refractivity contribution in [1.29, 1.82) is 0 Å². The Kier molecular flexibility index (Phi) is 6.92. The summed E-state index contributed by atoms with van der Waals surface area (Å²) in [6.07, 6.45) is 0.525. The molecule has 1 atom stereocenters. The minimum absolute atomic E-state index is 0.252. The third-order valence-corrected chi connectivity index (χ3v) is 5.86. The molecule has 0 saturated heterocycles. The van der Waals surface area contributed by atoms with Crippen LogP contribution in [-0.4, -0.2) is 16.1 Å². The van der Waals surface area contributed by atoms with Crippen molar-refractivity contribution in [3.8, 4) is 0 Å². The number of aromatic nitrogens is 2. The number of hydrogen-bond acceptors (Lipinski definition) is 5. The van der Waals surface area contributed by atoms with Gasteiger partial charge >= 0.3 is 0 Å². The summed E-state index contributed by atoms with van der Waals surface area (Å²) in [5.41, 5.74) is 2.39. The highest BCUT2D eigenvalue weighted by Crippen LogP contribution is 2.36. The van der Waals surface area contributed by atoms with Crippen LogP contribution >= 0.6 is 35.0 Å². The normalized spacial score (nSPS) is 11.8. The largest absolute Gasteiger partial charge is 0.416 e. The van der Waals surface area contributed by atoms with Gasteiger partial charge in [-0.1, -0.05) is 83.9 Å². The van der Waals surface area contributed by atoms with Gasteiger partial charge in [0.05, 0.1) is 6.42 Å². The first-order valence-corrected chi connectivity index (χ1v) is 11.1. The van der Waals surface area contributed by atoms with E-state index in [-0.39, 0.29) is 5.91 Å². The lowest BCUT2D eigenvalue weighted by molar-refractivity contribution is -0.115. The standard InChI is InChI=1S/C23H17Cl2N3O2S/c24-17-12-18(25)14-19(13-17)26-22(29)21(16-9-5-2-6-10-16)31-23-28-27-20(30-23)11-15-7-3-1-4-8-15/h1-10,12-14,21H,11H2,(H,26,29)/t21-/m1/s1. The molecular formula is C23H17Cl2N3O2S. The van der Waals surface area contributed by atoms with E-state index in [0.29, 0.717) is 33.3 Å². The molecular weight excluding hydrogens is 453 g/mol. The van der Waals surface area contributed by atoms with Gasteiger partial charge in [0.1, 0.15) is 5.25 Å². The first-order chi connectivity index (χ1) is 15.1. The van der Waals surface area contributed by atoms with Crippen molar-refractivity contribution in [3.63, 3.8) is 0 Å². The van der Waals surface area contributed by atoms with Crippen LogP contribution in [-0.2, 0) is 11.2 Å². The highest BCUT2D eigenvalue weighted by molar-refractivity contribution is 8.00. The molecule has 0 spiro atoms. The zero-order valence-corrected chi connectivity index (χ0v) is 18.5. The van der Waals surface area contributed by atoms with E-state index in [0.717, 1.165) is 11.1 Å². The number of amides is 1. The molecule has 4 aromatic rings. The highest BCUT2D eigenvalue weighted by Gasteiger charge is 2.25. The molecule has 0 aliphatic rings. The van der Waals surface area contributed by atoms with E-state index in [1.165, 1.54) is 11.8 Å². The van der Waals surface area contributed by atoms with Gasteiger partial charge < -0.3 is 9.73 Å². The Morgan fingerprint density at radius 3 is 2.26 bits per heavy atom. The van der Waals surface area contributed by atoms with E-state index in [4.69, 9.17) is 27.6 Å². The Bertz CT molecular complexity index is 1150. The van der Waals surface area contributed by atoms with Crippen LogP contribution in [0, 0.1) is 0 Å². The fraction of sp³-hybridized carbons (Fsp3) is 0.0870. The predicted octanol–water partition coefficient (Wildman–Crippen LogP) is 6.44. The molecule has 31 heavy (non-hydrogen) atoms. The monoisotopic (exact) mass is 469 g/mol. The van der Waals surface area contributed by atoms with Crippen molar-refractivity contribution in [2.75, 3.05) is 5.32 Å². The summed E-state index contributed by atoms with van der Waals surface area (Å²) in [4.78, 5) is 13.1. The molecule has 8 heteroatoms. The molecule has 156 valence electrons. The van der Waals surface area contributed by atoms with Crippen LogP contribution < -0.4 is 5.32 Å². The van der Waals surface area contributed by atoms with Gasteiger partial charge in [-0.3, -0.25) is 4.79 Å². The summed E-state index contributed by atoms with van der Waals surface area (Å²) < 4.78 is 5.80. The van der Waals surface area contributed by atoms with Crippen molar-refractivity contribution in [2.45, 2.75) is 16.9 Å². The molecule has 0 radical (unpaired) electrons. The van der Waals surface area contributed by atoms with Crippen LogP contribution in [0.4, 0.5) is 5.69 Å². The first-order valence-electron chi connectivity index (χ1n) is 9.42. The van der Waals surface area contributed by atoms with Crippen molar-refractivity contribution < 1.29 is 9.21 Å². The molecule has 4 rings (SSSR count). The molecule has 0 saturated carbocycles. The summed E-state index contributed by atoms with van der Waals surface area (Å²) in [6, 6.07) is 24.1. The second-order valence-electron chi connectivity index (χ2n) is 6.68. The number of anilines is 1. The van der Waals surface area contributed by atoms with Crippen LogP contribution in [0.5, 0.6) is 0 Å². The number of carbonyl (C=O) groups excluding carboxylic acids is 1. The Hall–Kier alpha value is -2.80. The van der Waals surface area contributed by atoms with E-state index in [2.05, 4.69) is 15.5 Å². The highest BCUT2D eigenvalue weighted by atomic mass is 35.5. The minimum Gasteiger partial charge on any atom is -0.416 e. The number of benzene rings is 3. The summed E-state index contributed by atoms with van der Waals surface area (Å²) in [6.45, 7) is 0. The summed E-state index contributed by atoms with van der Waals surface area (Å²) in [5, 5.41) is 11.7. The van der Waals surface area contributed by atoms with Gasteiger partial charge in [0.2, 0.25) is 11.8 Å². The van der Waals surface area contributed by atoms with Crippen LogP contribution in [0.25, 0.3) is 0 Å². The van der Waals surface area contributed by atoms with Crippen LogP contribution in [0.2, 0.25) is 10.0 Å². The third-order valence-electron chi connectivity index (χ3n) is 4.34. The van der Waals surface area contributed by atoms with Gasteiger partial charge in [-0.05, 0) is 41.1 Å². The quantitative estimate of drug-likeness (QED) is 0.315. The SMILES string of the molecule is O=C(Nc1cc(Cl)cc(Cl)c1)[C@H](Sc1nnc(Cc2ccccc2)o1)c1ccccc1. The van der Waals surface area contributed by atoms with E-state index < -0.39 is 5.25 Å². The third kappa shape index (κ3) is 5.88. The van der Waals surface area contributed by atoms with E-state index in [9.17, 15) is 4.79 Å². The molecule has 0 aliphatic heterocycles. The van der Waals surface area contributed by atoms with Gasteiger partial charge in [-0.15, -0.1) is 10.2 Å². The Labute approximate surface area is 193 Å². The summed E-state index contributed by atoms with van der Waals surface area (Å²) in [7, 11) is 0. The number of thioether (sulfide) groups is 1. The van der Waals surface area contributed by atoms with Crippen LogP contribution in [0.15, 0.2) is 88.5 Å². The lowest BCUT2D eigenvalue weighted by atomic mass is 10.1. The zero-order valence-electron chi connectivity index (χ0n) is 16.2. The van der Waals surface area contributed by atoms with Crippen molar-refractivity contribution in [1.82, 2.24) is 10.2 Å². The topological polar surface area (TPSA) is 68.0 Å². The lowest BCUT2D eigenvalue weighted by Crippen LogP contribution is -2.19. The molecule has 3 aromatic carbocycles. The van der Waals surface area contributed by atoms with E-state index in [1.54, 1.807) is 18.2 Å². The van der Waals surface area contributed by atoms with Crippen molar-refractivity contribution in [3.05, 3.63) is 106 Å². The average Bonchev–Trinajstić information content (AvgIpc) is 3.19. The molecule has 1 heterocycles. The number of rotatable bonds is 7. The van der Waals surface area contributed by atoms with E-state index >= 15 is 0 Å². The molecule has 0 unspecified atom stereocenters. The molecule has 5 nitrogen and oxygen atoms in total. The maximum Gasteiger partial charge on any atom is 0.277 e. The van der Waals surface area contributed by atoms with Gasteiger partial charge in [-0.25, -0.2) is 0 Å². The number of nitrogens with zero attached hydrogens (tertiary/aromatic N) is 2. The number of hydrogen-bond donors (Lipinski definition) is 1. The van der Waals surface area contributed by atoms with Crippen molar-refractivity contribution in [2.24, 2.45) is 0 Å². The van der Waals surface area contributed by atoms with Crippen LogP contribution in [0.1, 0.15) is 22.3 Å². The zero-order chi connectivity index (χ0) is 21.6. The molecule has 1 amide bonds. The Morgan fingerprint density at radius 2 is 1.58 bits per heavy atom. The number of nitrogens with one attached hydrogen (secondary N) is 1. The lowest BCUT2D eigenvalue weighted by Gasteiger charge is -2.15. The number of halogens is 2. The molecule has 0 fully saturated rings. The number of carbonyl (C=O) groups is 1. The maximum atomic E-state index is 13.1. The second-order valence-corrected chi connectivity index (χ2v) is 8.61.